The minimum absolute atomic E-state index is 0.110. The number of hydrogen-bond acceptors (Lipinski definition) is 3. The topological polar surface area (TPSA) is 91.4 Å². The lowest BCUT2D eigenvalue weighted by atomic mass is 10.2. The van der Waals surface area contributed by atoms with Crippen LogP contribution in [0.4, 0.5) is 0 Å². The molecule has 0 spiro atoms. The molecule has 0 saturated carbocycles. The van der Waals surface area contributed by atoms with Crippen LogP contribution in [0.1, 0.15) is 6.92 Å². The van der Waals surface area contributed by atoms with E-state index in [1.54, 1.807) is 0 Å². The fraction of sp³-hybridized carbons (Fsp3) is 0.833. The van der Waals surface area contributed by atoms with Crippen molar-refractivity contribution in [2.45, 2.75) is 6.92 Å². The third kappa shape index (κ3) is 7.08. The van der Waals surface area contributed by atoms with Gasteiger partial charge in [0.25, 0.3) is 0 Å². The van der Waals surface area contributed by atoms with Crippen molar-refractivity contribution in [1.29, 1.82) is 5.41 Å². The molecule has 0 aliphatic heterocycles. The van der Waals surface area contributed by atoms with Gasteiger partial charge in [-0.05, 0) is 0 Å². The zero-order valence-corrected chi connectivity index (χ0v) is 6.63. The third-order valence-corrected chi connectivity index (χ3v) is 1.08. The van der Waals surface area contributed by atoms with Crippen molar-refractivity contribution in [3.8, 4) is 0 Å². The van der Waals surface area contributed by atoms with E-state index in [0.717, 1.165) is 0 Å². The zero-order chi connectivity index (χ0) is 8.69. The molecule has 0 rings (SSSR count). The Kier molecular flexibility index (Phi) is 5.50. The molecule has 0 aliphatic rings. The summed E-state index contributed by atoms with van der Waals surface area (Å²) in [4.78, 5) is 0. The number of ether oxygens (including phenoxy) is 1. The Balaban J connectivity index is 3.08. The first-order chi connectivity index (χ1) is 5.16. The SMILES string of the molecule is CC(CO)COCNC(=N)N. The van der Waals surface area contributed by atoms with Gasteiger partial charge in [0, 0.05) is 12.5 Å². The number of aliphatic hydroxyl groups excluding tert-OH is 1. The summed E-state index contributed by atoms with van der Waals surface area (Å²) in [7, 11) is 0. The lowest BCUT2D eigenvalue weighted by molar-refractivity contribution is 0.0762. The highest BCUT2D eigenvalue weighted by Crippen LogP contribution is 1.91. The first-order valence-corrected chi connectivity index (χ1v) is 3.43. The summed E-state index contributed by atoms with van der Waals surface area (Å²) >= 11 is 0. The maximum Gasteiger partial charge on any atom is 0.187 e. The largest absolute Gasteiger partial charge is 0.396 e. The Morgan fingerprint density at radius 1 is 1.82 bits per heavy atom. The van der Waals surface area contributed by atoms with E-state index < -0.39 is 0 Å². The van der Waals surface area contributed by atoms with E-state index in [1.807, 2.05) is 6.92 Å². The summed E-state index contributed by atoms with van der Waals surface area (Å²) in [5.74, 6) is 0.0189. The Labute approximate surface area is 66.0 Å². The van der Waals surface area contributed by atoms with Gasteiger partial charge in [0.05, 0.1) is 6.61 Å². The minimum Gasteiger partial charge on any atom is -0.396 e. The van der Waals surface area contributed by atoms with Crippen LogP contribution in [0.3, 0.4) is 0 Å². The van der Waals surface area contributed by atoms with Gasteiger partial charge in [-0.3, -0.25) is 5.41 Å². The van der Waals surface area contributed by atoms with Crippen molar-refractivity contribution in [3.05, 3.63) is 0 Å². The van der Waals surface area contributed by atoms with Crippen LogP contribution < -0.4 is 11.1 Å². The fourth-order valence-electron chi connectivity index (χ4n) is 0.442. The molecule has 0 amide bonds. The number of aliphatic hydroxyl groups is 1. The molecule has 11 heavy (non-hydrogen) atoms. The molecule has 5 heteroatoms. The summed E-state index contributed by atoms with van der Waals surface area (Å²) < 4.78 is 5.01. The second-order valence-electron chi connectivity index (χ2n) is 2.39. The molecular formula is C6H15N3O2. The number of nitrogens with two attached hydrogens (primary N) is 1. The molecule has 0 aromatic carbocycles. The Morgan fingerprint density at radius 2 is 2.45 bits per heavy atom. The molecule has 66 valence electrons. The highest BCUT2D eigenvalue weighted by Gasteiger charge is 1.98. The van der Waals surface area contributed by atoms with E-state index >= 15 is 0 Å². The van der Waals surface area contributed by atoms with Gasteiger partial charge in [-0.25, -0.2) is 0 Å². The van der Waals surface area contributed by atoms with Gasteiger partial charge in [0.15, 0.2) is 5.96 Å². The second kappa shape index (κ2) is 5.94. The normalized spacial score (nSPS) is 12.5. The standard InChI is InChI=1S/C6H15N3O2/c1-5(2-10)3-11-4-9-6(7)8/h5,10H,2-4H2,1H3,(H4,7,8,9). The van der Waals surface area contributed by atoms with Gasteiger partial charge in [-0.2, -0.15) is 0 Å². The van der Waals surface area contributed by atoms with Crippen LogP contribution in [0.25, 0.3) is 0 Å². The average Bonchev–Trinajstić information content (AvgIpc) is 1.97. The highest BCUT2D eigenvalue weighted by molar-refractivity contribution is 5.73. The number of hydrogen-bond donors (Lipinski definition) is 4. The molecule has 0 aromatic heterocycles. The molecule has 0 bridgehead atoms. The molecule has 0 saturated heterocycles. The number of guanidine groups is 1. The van der Waals surface area contributed by atoms with E-state index in [-0.39, 0.29) is 25.2 Å². The maximum atomic E-state index is 8.58. The smallest absolute Gasteiger partial charge is 0.187 e. The van der Waals surface area contributed by atoms with Crippen molar-refractivity contribution in [2.24, 2.45) is 11.7 Å². The van der Waals surface area contributed by atoms with Crippen LogP contribution >= 0.6 is 0 Å². The van der Waals surface area contributed by atoms with E-state index in [1.165, 1.54) is 0 Å². The second-order valence-corrected chi connectivity index (χ2v) is 2.39. The van der Waals surface area contributed by atoms with Gasteiger partial charge in [0.1, 0.15) is 6.73 Å². The first kappa shape index (κ1) is 10.2. The first-order valence-electron chi connectivity index (χ1n) is 3.43. The molecule has 0 fully saturated rings. The zero-order valence-electron chi connectivity index (χ0n) is 6.63. The van der Waals surface area contributed by atoms with E-state index in [4.69, 9.17) is 21.0 Å². The average molecular weight is 161 g/mol. The van der Waals surface area contributed by atoms with E-state index in [0.29, 0.717) is 6.61 Å². The van der Waals surface area contributed by atoms with Crippen LogP contribution in [-0.4, -0.2) is 31.0 Å². The molecule has 5 nitrogen and oxygen atoms in total. The number of nitrogens with one attached hydrogen (secondary N) is 2. The van der Waals surface area contributed by atoms with Crippen LogP contribution in [0.5, 0.6) is 0 Å². The van der Waals surface area contributed by atoms with Crippen LogP contribution in [0.2, 0.25) is 0 Å². The molecule has 1 atom stereocenters. The van der Waals surface area contributed by atoms with Gasteiger partial charge >= 0.3 is 0 Å². The van der Waals surface area contributed by atoms with Crippen LogP contribution in [0, 0.1) is 11.3 Å². The predicted octanol–water partition coefficient (Wildman–Crippen LogP) is -0.928. The molecule has 0 radical (unpaired) electrons. The molecule has 0 heterocycles. The fourth-order valence-corrected chi connectivity index (χ4v) is 0.442. The van der Waals surface area contributed by atoms with Gasteiger partial charge in [-0.1, -0.05) is 6.92 Å². The van der Waals surface area contributed by atoms with Gasteiger partial charge in [0.2, 0.25) is 0 Å². The molecular weight excluding hydrogens is 146 g/mol. The van der Waals surface area contributed by atoms with Gasteiger partial charge < -0.3 is 20.9 Å². The summed E-state index contributed by atoms with van der Waals surface area (Å²) in [6, 6.07) is 0. The Hall–Kier alpha value is -0.810. The van der Waals surface area contributed by atoms with Crippen molar-refractivity contribution in [3.63, 3.8) is 0 Å². The molecule has 1 unspecified atom stereocenters. The van der Waals surface area contributed by atoms with Crippen molar-refractivity contribution >= 4 is 5.96 Å². The molecule has 5 N–H and O–H groups in total. The Morgan fingerprint density at radius 3 is 2.91 bits per heavy atom. The minimum atomic E-state index is -0.110. The quantitative estimate of drug-likeness (QED) is 0.181. The van der Waals surface area contributed by atoms with E-state index in [9.17, 15) is 0 Å². The van der Waals surface area contributed by atoms with Gasteiger partial charge in [-0.15, -0.1) is 0 Å². The summed E-state index contributed by atoms with van der Waals surface area (Å²) in [6.07, 6.45) is 0. The maximum absolute atomic E-state index is 8.58. The summed E-state index contributed by atoms with van der Waals surface area (Å²) in [6.45, 7) is 2.67. The predicted molar refractivity (Wildman–Crippen MR) is 42.1 cm³/mol. The Bertz CT molecular complexity index is 118. The van der Waals surface area contributed by atoms with E-state index in [2.05, 4.69) is 5.32 Å². The van der Waals surface area contributed by atoms with Crippen LogP contribution in [0.15, 0.2) is 0 Å². The highest BCUT2D eigenvalue weighted by atomic mass is 16.5. The molecule has 0 aliphatic carbocycles. The van der Waals surface area contributed by atoms with Crippen LogP contribution in [-0.2, 0) is 4.74 Å². The van der Waals surface area contributed by atoms with Crippen molar-refractivity contribution in [2.75, 3.05) is 19.9 Å². The van der Waals surface area contributed by atoms with Crippen molar-refractivity contribution in [1.82, 2.24) is 5.32 Å². The lowest BCUT2D eigenvalue weighted by Gasteiger charge is -2.08. The summed E-state index contributed by atoms with van der Waals surface area (Å²) in [5.41, 5.74) is 4.98. The lowest BCUT2D eigenvalue weighted by Crippen LogP contribution is -2.32. The number of rotatable bonds is 5. The van der Waals surface area contributed by atoms with Crippen molar-refractivity contribution < 1.29 is 9.84 Å². The summed E-state index contributed by atoms with van der Waals surface area (Å²) in [5, 5.41) is 17.8. The molecule has 0 aromatic rings. The monoisotopic (exact) mass is 161 g/mol. The third-order valence-electron chi connectivity index (χ3n) is 1.08.